The largest absolute Gasteiger partial charge is 0.366 e. The molecule has 0 radical (unpaired) electrons. The molecule has 0 fully saturated rings. The van der Waals surface area contributed by atoms with Gasteiger partial charge in [-0.15, -0.1) is 0 Å². The molecule has 3 N–H and O–H groups in total. The van der Waals surface area contributed by atoms with Crippen LogP contribution in [0.2, 0.25) is 0 Å². The van der Waals surface area contributed by atoms with E-state index in [2.05, 4.69) is 21.2 Å². The van der Waals surface area contributed by atoms with Gasteiger partial charge in [-0.25, -0.2) is 0 Å². The Kier molecular flexibility index (Phi) is 4.49. The Morgan fingerprint density at radius 2 is 1.94 bits per heavy atom. The molecule has 1 rings (SSSR count). The van der Waals surface area contributed by atoms with E-state index in [9.17, 15) is 9.59 Å². The Balaban J connectivity index is 2.69. The fraction of sp³-hybridized carbons (Fsp3) is 0.273. The number of rotatable bonds is 4. The highest BCUT2D eigenvalue weighted by molar-refractivity contribution is 9.10. The lowest BCUT2D eigenvalue weighted by Crippen LogP contribution is -2.22. The quantitative estimate of drug-likeness (QED) is 0.829. The third-order valence-corrected chi connectivity index (χ3v) is 3.14. The van der Waals surface area contributed by atoms with E-state index in [1.807, 2.05) is 6.92 Å². The molecule has 0 bridgehead atoms. The molecule has 0 aliphatic carbocycles. The molecule has 16 heavy (non-hydrogen) atoms. The number of amides is 2. The minimum Gasteiger partial charge on any atom is -0.366 e. The van der Waals surface area contributed by atoms with E-state index in [4.69, 9.17) is 5.73 Å². The maximum absolute atomic E-state index is 11.5. The van der Waals surface area contributed by atoms with E-state index < -0.39 is 5.91 Å². The predicted molar refractivity (Wildman–Crippen MR) is 66.6 cm³/mol. The number of carbonyl (C=O) groups is 2. The zero-order valence-electron chi connectivity index (χ0n) is 8.87. The summed E-state index contributed by atoms with van der Waals surface area (Å²) in [5.41, 5.74) is 6.17. The van der Waals surface area contributed by atoms with E-state index in [1.165, 1.54) is 0 Å². The van der Waals surface area contributed by atoms with Crippen molar-refractivity contribution in [3.63, 3.8) is 0 Å². The molecule has 2 amide bonds. The first-order valence-corrected chi connectivity index (χ1v) is 5.81. The maximum atomic E-state index is 11.5. The summed E-state index contributed by atoms with van der Waals surface area (Å²) in [6, 6.07) is 6.45. The minimum atomic E-state index is -0.482. The topological polar surface area (TPSA) is 72.2 Å². The molecule has 0 aromatic heterocycles. The molecule has 0 aliphatic rings. The third kappa shape index (κ3) is 3.34. The van der Waals surface area contributed by atoms with E-state index in [1.54, 1.807) is 24.3 Å². The molecular formula is C11H13BrN2O2. The molecule has 1 unspecified atom stereocenters. The van der Waals surface area contributed by atoms with Gasteiger partial charge in [0.25, 0.3) is 0 Å². The van der Waals surface area contributed by atoms with Crippen LogP contribution in [0.1, 0.15) is 23.7 Å². The van der Waals surface area contributed by atoms with Crippen molar-refractivity contribution in [1.82, 2.24) is 0 Å². The van der Waals surface area contributed by atoms with Gasteiger partial charge in [-0.2, -0.15) is 0 Å². The van der Waals surface area contributed by atoms with Gasteiger partial charge in [-0.1, -0.05) is 22.9 Å². The summed E-state index contributed by atoms with van der Waals surface area (Å²) in [5, 5.41) is 2.72. The van der Waals surface area contributed by atoms with Gasteiger partial charge < -0.3 is 11.1 Å². The number of carbonyl (C=O) groups excluding carboxylic acids is 2. The number of benzene rings is 1. The van der Waals surface area contributed by atoms with Gasteiger partial charge in [0.1, 0.15) is 0 Å². The van der Waals surface area contributed by atoms with E-state index in [0.29, 0.717) is 17.7 Å². The molecule has 0 heterocycles. The second-order valence-corrected chi connectivity index (χ2v) is 4.41. The highest BCUT2D eigenvalue weighted by atomic mass is 79.9. The smallest absolute Gasteiger partial charge is 0.248 e. The molecule has 0 spiro atoms. The van der Waals surface area contributed by atoms with Crippen molar-refractivity contribution in [3.05, 3.63) is 29.8 Å². The summed E-state index contributed by atoms with van der Waals surface area (Å²) < 4.78 is 0. The summed E-state index contributed by atoms with van der Waals surface area (Å²) in [5.74, 6) is -0.584. The van der Waals surface area contributed by atoms with Crippen LogP contribution in [0.25, 0.3) is 0 Å². The van der Waals surface area contributed by atoms with Crippen molar-refractivity contribution in [2.45, 2.75) is 18.2 Å². The van der Waals surface area contributed by atoms with Crippen molar-refractivity contribution >= 4 is 33.4 Å². The monoisotopic (exact) mass is 284 g/mol. The van der Waals surface area contributed by atoms with Gasteiger partial charge in [0.05, 0.1) is 4.83 Å². The van der Waals surface area contributed by atoms with Crippen LogP contribution < -0.4 is 11.1 Å². The van der Waals surface area contributed by atoms with Crippen LogP contribution in [-0.4, -0.2) is 16.6 Å². The average Bonchev–Trinajstić information content (AvgIpc) is 2.28. The number of nitrogens with one attached hydrogen (secondary N) is 1. The van der Waals surface area contributed by atoms with Crippen molar-refractivity contribution in [2.24, 2.45) is 5.73 Å². The molecule has 0 saturated carbocycles. The van der Waals surface area contributed by atoms with Gasteiger partial charge in [0.2, 0.25) is 11.8 Å². The summed E-state index contributed by atoms with van der Waals surface area (Å²) >= 11 is 3.25. The second kappa shape index (κ2) is 5.65. The first kappa shape index (κ1) is 12.7. The van der Waals surface area contributed by atoms with Gasteiger partial charge in [-0.05, 0) is 30.7 Å². The van der Waals surface area contributed by atoms with Crippen LogP contribution in [-0.2, 0) is 4.79 Å². The Bertz CT molecular complexity index is 389. The number of nitrogens with two attached hydrogens (primary N) is 1. The van der Waals surface area contributed by atoms with E-state index in [0.717, 1.165) is 0 Å². The predicted octanol–water partition coefficient (Wildman–Crippen LogP) is 1.90. The second-order valence-electron chi connectivity index (χ2n) is 3.31. The van der Waals surface area contributed by atoms with Gasteiger partial charge >= 0.3 is 0 Å². The Labute approximate surface area is 102 Å². The van der Waals surface area contributed by atoms with Crippen molar-refractivity contribution in [3.8, 4) is 0 Å². The highest BCUT2D eigenvalue weighted by Crippen LogP contribution is 2.12. The van der Waals surface area contributed by atoms with Crippen LogP contribution in [0.4, 0.5) is 5.69 Å². The van der Waals surface area contributed by atoms with Crippen LogP contribution in [0.5, 0.6) is 0 Å². The third-order valence-electron chi connectivity index (χ3n) is 2.08. The lowest BCUT2D eigenvalue weighted by molar-refractivity contribution is -0.115. The number of hydrogen-bond acceptors (Lipinski definition) is 2. The summed E-state index contributed by atoms with van der Waals surface area (Å²) in [4.78, 5) is 22.1. The lowest BCUT2D eigenvalue weighted by Gasteiger charge is -2.08. The number of alkyl halides is 1. The Morgan fingerprint density at radius 3 is 2.38 bits per heavy atom. The lowest BCUT2D eigenvalue weighted by atomic mass is 10.2. The van der Waals surface area contributed by atoms with Crippen molar-refractivity contribution < 1.29 is 9.59 Å². The number of hydrogen-bond donors (Lipinski definition) is 2. The van der Waals surface area contributed by atoms with Crippen LogP contribution in [0, 0.1) is 0 Å². The van der Waals surface area contributed by atoms with Crippen molar-refractivity contribution in [1.29, 1.82) is 0 Å². The van der Waals surface area contributed by atoms with Gasteiger partial charge in [0.15, 0.2) is 0 Å². The van der Waals surface area contributed by atoms with E-state index in [-0.39, 0.29) is 10.7 Å². The summed E-state index contributed by atoms with van der Waals surface area (Å²) in [6.07, 6.45) is 0.713. The molecule has 0 aliphatic heterocycles. The SMILES string of the molecule is CCC(Br)C(=O)Nc1ccc(C(N)=O)cc1. The number of primary amides is 1. The molecule has 1 aromatic rings. The maximum Gasteiger partial charge on any atom is 0.248 e. The van der Waals surface area contributed by atoms with Crippen LogP contribution >= 0.6 is 15.9 Å². The fourth-order valence-electron chi connectivity index (χ4n) is 1.12. The first-order valence-electron chi connectivity index (χ1n) is 4.89. The number of halogens is 1. The number of anilines is 1. The fourth-order valence-corrected chi connectivity index (χ4v) is 1.24. The first-order chi connectivity index (χ1) is 7.54. The molecule has 86 valence electrons. The normalized spacial score (nSPS) is 11.9. The molecule has 5 heteroatoms. The molecular weight excluding hydrogens is 272 g/mol. The standard InChI is InChI=1S/C11H13BrN2O2/c1-2-9(12)11(16)14-8-5-3-7(4-6-8)10(13)15/h3-6,9H,2H2,1H3,(H2,13,15)(H,14,16). The van der Waals surface area contributed by atoms with E-state index >= 15 is 0 Å². The summed E-state index contributed by atoms with van der Waals surface area (Å²) in [6.45, 7) is 1.91. The molecule has 4 nitrogen and oxygen atoms in total. The Hall–Kier alpha value is -1.36. The van der Waals surface area contributed by atoms with Gasteiger partial charge in [-0.3, -0.25) is 9.59 Å². The average molecular weight is 285 g/mol. The molecule has 0 saturated heterocycles. The van der Waals surface area contributed by atoms with Gasteiger partial charge in [0, 0.05) is 11.3 Å². The zero-order valence-corrected chi connectivity index (χ0v) is 10.5. The van der Waals surface area contributed by atoms with Crippen molar-refractivity contribution in [2.75, 3.05) is 5.32 Å². The highest BCUT2D eigenvalue weighted by Gasteiger charge is 2.12. The summed E-state index contributed by atoms with van der Waals surface area (Å²) in [7, 11) is 0. The van der Waals surface area contributed by atoms with Crippen LogP contribution in [0.3, 0.4) is 0 Å². The minimum absolute atomic E-state index is 0.102. The Morgan fingerprint density at radius 1 is 1.38 bits per heavy atom. The molecule has 1 aromatic carbocycles. The van der Waals surface area contributed by atoms with Crippen LogP contribution in [0.15, 0.2) is 24.3 Å². The zero-order chi connectivity index (χ0) is 12.1. The molecule has 1 atom stereocenters.